The molecular weight excluding hydrogens is 262 g/mol. The molecule has 1 atom stereocenters. The van der Waals surface area contributed by atoms with Gasteiger partial charge < -0.3 is 10.1 Å². The smallest absolute Gasteiger partial charge is 0.153 e. The van der Waals surface area contributed by atoms with Gasteiger partial charge in [-0.3, -0.25) is 0 Å². The highest BCUT2D eigenvalue weighted by Crippen LogP contribution is 2.23. The SMILES string of the molecule is NCc1ccn2cc(CC3CCCS3(=O)=O)nc2c1. The Kier molecular flexibility index (Phi) is 3.06. The fourth-order valence-electron chi connectivity index (χ4n) is 2.62. The molecule has 3 heterocycles. The Labute approximate surface area is 112 Å². The molecule has 5 nitrogen and oxygen atoms in total. The van der Waals surface area contributed by atoms with E-state index in [1.54, 1.807) is 0 Å². The van der Waals surface area contributed by atoms with Gasteiger partial charge in [-0.1, -0.05) is 0 Å². The molecule has 1 saturated heterocycles. The van der Waals surface area contributed by atoms with Crippen LogP contribution in [0, 0.1) is 0 Å². The molecule has 2 aromatic rings. The van der Waals surface area contributed by atoms with Crippen molar-refractivity contribution in [1.29, 1.82) is 0 Å². The molecule has 1 unspecified atom stereocenters. The molecule has 0 bridgehead atoms. The van der Waals surface area contributed by atoms with Crippen LogP contribution in [0.5, 0.6) is 0 Å². The van der Waals surface area contributed by atoms with Crippen molar-refractivity contribution in [1.82, 2.24) is 9.38 Å². The van der Waals surface area contributed by atoms with E-state index in [0.29, 0.717) is 18.7 Å². The quantitative estimate of drug-likeness (QED) is 0.906. The topological polar surface area (TPSA) is 77.5 Å². The van der Waals surface area contributed by atoms with E-state index in [-0.39, 0.29) is 5.25 Å². The molecule has 0 aliphatic carbocycles. The second-order valence-corrected chi connectivity index (χ2v) is 7.47. The van der Waals surface area contributed by atoms with Crippen LogP contribution in [-0.2, 0) is 22.8 Å². The van der Waals surface area contributed by atoms with Gasteiger partial charge in [0.05, 0.1) is 16.7 Å². The van der Waals surface area contributed by atoms with Crippen molar-refractivity contribution in [3.63, 3.8) is 0 Å². The molecule has 0 saturated carbocycles. The van der Waals surface area contributed by atoms with Crippen LogP contribution in [0.4, 0.5) is 0 Å². The minimum atomic E-state index is -2.90. The van der Waals surface area contributed by atoms with Crippen molar-refractivity contribution in [2.75, 3.05) is 5.75 Å². The van der Waals surface area contributed by atoms with Gasteiger partial charge in [0.25, 0.3) is 0 Å². The average molecular weight is 279 g/mol. The van der Waals surface area contributed by atoms with Gasteiger partial charge in [-0.15, -0.1) is 0 Å². The molecule has 3 rings (SSSR count). The molecule has 1 fully saturated rings. The third-order valence-corrected chi connectivity index (χ3v) is 5.99. The van der Waals surface area contributed by atoms with Crippen LogP contribution in [0.3, 0.4) is 0 Å². The van der Waals surface area contributed by atoms with Crippen molar-refractivity contribution < 1.29 is 8.42 Å². The minimum Gasteiger partial charge on any atom is -0.326 e. The van der Waals surface area contributed by atoms with Crippen LogP contribution in [-0.4, -0.2) is 28.8 Å². The zero-order chi connectivity index (χ0) is 13.5. The molecule has 2 N–H and O–H groups in total. The van der Waals surface area contributed by atoms with E-state index < -0.39 is 9.84 Å². The number of nitrogens with two attached hydrogens (primary N) is 1. The molecule has 1 aliphatic rings. The highest BCUT2D eigenvalue weighted by atomic mass is 32.2. The van der Waals surface area contributed by atoms with E-state index in [1.165, 1.54) is 0 Å². The zero-order valence-corrected chi connectivity index (χ0v) is 11.4. The Balaban J connectivity index is 1.89. The summed E-state index contributed by atoms with van der Waals surface area (Å²) in [4.78, 5) is 4.49. The molecule has 0 amide bonds. The number of rotatable bonds is 3. The highest BCUT2D eigenvalue weighted by Gasteiger charge is 2.31. The van der Waals surface area contributed by atoms with Gasteiger partial charge in [-0.05, 0) is 30.5 Å². The van der Waals surface area contributed by atoms with E-state index in [1.807, 2.05) is 28.9 Å². The van der Waals surface area contributed by atoms with Crippen LogP contribution in [0.2, 0.25) is 0 Å². The Morgan fingerprint density at radius 3 is 3.00 bits per heavy atom. The number of pyridine rings is 1. The summed E-state index contributed by atoms with van der Waals surface area (Å²) in [6.07, 6.45) is 5.87. The van der Waals surface area contributed by atoms with E-state index in [0.717, 1.165) is 29.7 Å². The third kappa shape index (κ3) is 2.37. The van der Waals surface area contributed by atoms with Gasteiger partial charge in [0.15, 0.2) is 9.84 Å². The third-order valence-electron chi connectivity index (χ3n) is 3.71. The second kappa shape index (κ2) is 4.61. The zero-order valence-electron chi connectivity index (χ0n) is 10.6. The Hall–Kier alpha value is -1.40. The summed E-state index contributed by atoms with van der Waals surface area (Å²) in [7, 11) is -2.90. The Morgan fingerprint density at radius 2 is 2.32 bits per heavy atom. The highest BCUT2D eigenvalue weighted by molar-refractivity contribution is 7.92. The predicted molar refractivity (Wildman–Crippen MR) is 73.6 cm³/mol. The monoisotopic (exact) mass is 279 g/mol. The summed E-state index contributed by atoms with van der Waals surface area (Å²) in [6, 6.07) is 3.89. The molecule has 102 valence electrons. The normalized spacial score (nSPS) is 22.1. The number of aromatic nitrogens is 2. The molecule has 6 heteroatoms. The van der Waals surface area contributed by atoms with Gasteiger partial charge in [0.1, 0.15) is 5.65 Å². The van der Waals surface area contributed by atoms with Crippen LogP contribution >= 0.6 is 0 Å². The van der Waals surface area contributed by atoms with Crippen LogP contribution in [0.25, 0.3) is 5.65 Å². The first-order valence-corrected chi connectivity index (χ1v) is 8.18. The maximum atomic E-state index is 11.8. The van der Waals surface area contributed by atoms with Gasteiger partial charge in [-0.2, -0.15) is 0 Å². The lowest BCUT2D eigenvalue weighted by atomic mass is 10.2. The van der Waals surface area contributed by atoms with Crippen LogP contribution < -0.4 is 5.73 Å². The summed E-state index contributed by atoms with van der Waals surface area (Å²) in [5.74, 6) is 0.322. The lowest BCUT2D eigenvalue weighted by Crippen LogP contribution is -2.18. The Morgan fingerprint density at radius 1 is 1.47 bits per heavy atom. The van der Waals surface area contributed by atoms with E-state index in [4.69, 9.17) is 5.73 Å². The summed E-state index contributed by atoms with van der Waals surface area (Å²) < 4.78 is 25.6. The molecule has 0 radical (unpaired) electrons. The van der Waals surface area contributed by atoms with Gasteiger partial charge >= 0.3 is 0 Å². The molecular formula is C13H17N3O2S. The summed E-state index contributed by atoms with van der Waals surface area (Å²) in [6.45, 7) is 0.482. The van der Waals surface area contributed by atoms with Crippen LogP contribution in [0.1, 0.15) is 24.1 Å². The van der Waals surface area contributed by atoms with Gasteiger partial charge in [0.2, 0.25) is 0 Å². The molecule has 1 aliphatic heterocycles. The summed E-state index contributed by atoms with van der Waals surface area (Å²) in [5.41, 5.74) is 8.29. The lowest BCUT2D eigenvalue weighted by Gasteiger charge is -2.05. The fraction of sp³-hybridized carbons (Fsp3) is 0.462. The van der Waals surface area contributed by atoms with E-state index in [9.17, 15) is 8.42 Å². The second-order valence-electron chi connectivity index (χ2n) is 5.07. The predicted octanol–water partition coefficient (Wildman–Crippen LogP) is 0.913. The van der Waals surface area contributed by atoms with Crippen molar-refractivity contribution in [3.8, 4) is 0 Å². The summed E-state index contributed by atoms with van der Waals surface area (Å²) in [5, 5.41) is -0.258. The standard InChI is InChI=1S/C13H17N3O2S/c14-8-10-3-4-16-9-11(15-13(16)6-10)7-12-2-1-5-19(12,17)18/h3-4,6,9,12H,1-2,5,7-8,14H2. The van der Waals surface area contributed by atoms with E-state index in [2.05, 4.69) is 4.98 Å². The van der Waals surface area contributed by atoms with Crippen molar-refractivity contribution in [3.05, 3.63) is 35.8 Å². The van der Waals surface area contributed by atoms with Crippen molar-refractivity contribution in [2.45, 2.75) is 31.1 Å². The van der Waals surface area contributed by atoms with E-state index >= 15 is 0 Å². The first-order chi connectivity index (χ1) is 9.08. The van der Waals surface area contributed by atoms with Crippen LogP contribution in [0.15, 0.2) is 24.5 Å². The maximum absolute atomic E-state index is 11.8. The number of hydrogen-bond donors (Lipinski definition) is 1. The molecule has 0 spiro atoms. The van der Waals surface area contributed by atoms with Gasteiger partial charge in [-0.25, -0.2) is 13.4 Å². The van der Waals surface area contributed by atoms with Crippen molar-refractivity contribution in [2.24, 2.45) is 5.73 Å². The van der Waals surface area contributed by atoms with Gasteiger partial charge in [0, 0.05) is 25.4 Å². The molecule has 0 aromatic carbocycles. The number of nitrogens with zero attached hydrogens (tertiary/aromatic N) is 2. The number of fused-ring (bicyclic) bond motifs is 1. The first kappa shape index (κ1) is 12.6. The largest absolute Gasteiger partial charge is 0.326 e. The Bertz CT molecular complexity index is 706. The minimum absolute atomic E-state index is 0.258. The number of imidazole rings is 1. The molecule has 19 heavy (non-hydrogen) atoms. The average Bonchev–Trinajstić information content (AvgIpc) is 2.92. The van der Waals surface area contributed by atoms with Crippen molar-refractivity contribution >= 4 is 15.5 Å². The summed E-state index contributed by atoms with van der Waals surface area (Å²) >= 11 is 0. The first-order valence-electron chi connectivity index (χ1n) is 6.46. The number of sulfone groups is 1. The molecule has 2 aromatic heterocycles. The number of hydrogen-bond acceptors (Lipinski definition) is 4. The lowest BCUT2D eigenvalue weighted by molar-refractivity contribution is 0.587. The maximum Gasteiger partial charge on any atom is 0.153 e. The fourth-order valence-corrected chi connectivity index (χ4v) is 4.48.